The van der Waals surface area contributed by atoms with Crippen molar-refractivity contribution in [1.82, 2.24) is 0 Å². The van der Waals surface area contributed by atoms with E-state index >= 15 is 0 Å². The highest BCUT2D eigenvalue weighted by Gasteiger charge is 2.36. The van der Waals surface area contributed by atoms with Gasteiger partial charge in [-0.15, -0.1) is 0 Å². The minimum atomic E-state index is -3.72. The molecular weight excluding hydrogens is 424 g/mol. The highest BCUT2D eigenvalue weighted by molar-refractivity contribution is 7.92. The number of carbonyl (C=O) groups is 1. The fourth-order valence-electron chi connectivity index (χ4n) is 4.19. The highest BCUT2D eigenvalue weighted by Crippen LogP contribution is 2.45. The van der Waals surface area contributed by atoms with E-state index in [1.807, 2.05) is 24.3 Å². The molecule has 0 aliphatic carbocycles. The van der Waals surface area contributed by atoms with Crippen molar-refractivity contribution in [3.8, 4) is 0 Å². The summed E-state index contributed by atoms with van der Waals surface area (Å²) in [6.45, 7) is 4.25. The first-order valence-electron chi connectivity index (χ1n) is 10.4. The summed E-state index contributed by atoms with van der Waals surface area (Å²) in [5, 5.41) is 3.55. The number of methoxy groups -OCH3 is 1. The molecule has 0 saturated carbocycles. The van der Waals surface area contributed by atoms with Crippen LogP contribution in [0.4, 0.5) is 11.4 Å². The molecular formula is C25H26N2O4S. The second-order valence-electron chi connectivity index (χ2n) is 8.65. The maximum absolute atomic E-state index is 13.0. The predicted octanol–water partition coefficient (Wildman–Crippen LogP) is 5.01. The van der Waals surface area contributed by atoms with Crippen LogP contribution in [0.3, 0.4) is 0 Å². The SMILES string of the molecule is COC(=O)c1ccc2c(c1)CC(C)(C)C(c1cccc(S(=O)(=O)Nc3ccccc3)c1)N2. The summed E-state index contributed by atoms with van der Waals surface area (Å²) < 4.78 is 33.4. The number of sulfonamides is 1. The lowest BCUT2D eigenvalue weighted by Crippen LogP contribution is -2.35. The number of rotatable bonds is 5. The van der Waals surface area contributed by atoms with Crippen LogP contribution >= 0.6 is 0 Å². The molecule has 1 heterocycles. The van der Waals surface area contributed by atoms with Gasteiger partial charge in [0, 0.05) is 11.4 Å². The maximum atomic E-state index is 13.0. The predicted molar refractivity (Wildman–Crippen MR) is 125 cm³/mol. The van der Waals surface area contributed by atoms with Crippen LogP contribution in [0.25, 0.3) is 0 Å². The van der Waals surface area contributed by atoms with Crippen LogP contribution in [0.15, 0.2) is 77.7 Å². The Bertz CT molecular complexity index is 1250. The van der Waals surface area contributed by atoms with E-state index in [0.717, 1.165) is 23.2 Å². The second kappa shape index (κ2) is 8.31. The van der Waals surface area contributed by atoms with Gasteiger partial charge in [0.15, 0.2) is 0 Å². The van der Waals surface area contributed by atoms with Crippen LogP contribution in [0.5, 0.6) is 0 Å². The average Bonchev–Trinajstić information content (AvgIpc) is 2.77. The van der Waals surface area contributed by atoms with E-state index in [0.29, 0.717) is 11.3 Å². The molecule has 3 aromatic rings. The van der Waals surface area contributed by atoms with Crippen LogP contribution in [-0.4, -0.2) is 21.5 Å². The van der Waals surface area contributed by atoms with Crippen molar-refractivity contribution < 1.29 is 17.9 Å². The molecule has 166 valence electrons. The zero-order valence-corrected chi connectivity index (χ0v) is 19.1. The van der Waals surface area contributed by atoms with Crippen LogP contribution in [0.1, 0.15) is 41.4 Å². The van der Waals surface area contributed by atoms with E-state index in [2.05, 4.69) is 23.9 Å². The fraction of sp³-hybridized carbons (Fsp3) is 0.240. The molecule has 1 aliphatic rings. The van der Waals surface area contributed by atoms with Crippen molar-refractivity contribution in [3.63, 3.8) is 0 Å². The standard InChI is InChI=1S/C25H26N2O4S/c1-25(2)16-19-14-18(24(28)31-3)12-13-22(19)26-23(25)17-8-7-11-21(15-17)32(29,30)27-20-9-5-4-6-10-20/h4-15,23,26-27H,16H2,1-3H3. The molecule has 3 aromatic carbocycles. The van der Waals surface area contributed by atoms with E-state index in [4.69, 9.17) is 4.74 Å². The first kappa shape index (κ1) is 21.9. The summed E-state index contributed by atoms with van der Waals surface area (Å²) in [6.07, 6.45) is 0.726. The molecule has 0 radical (unpaired) electrons. The number of fused-ring (bicyclic) bond motifs is 1. The zero-order chi connectivity index (χ0) is 22.9. The average molecular weight is 451 g/mol. The number of benzene rings is 3. The smallest absolute Gasteiger partial charge is 0.337 e. The summed E-state index contributed by atoms with van der Waals surface area (Å²) in [5.41, 5.74) is 3.65. The Balaban J connectivity index is 1.65. The summed E-state index contributed by atoms with van der Waals surface area (Å²) in [4.78, 5) is 12.1. The van der Waals surface area contributed by atoms with Gasteiger partial charge in [0.25, 0.3) is 10.0 Å². The van der Waals surface area contributed by atoms with Crippen LogP contribution in [-0.2, 0) is 21.2 Å². The Kier molecular flexibility index (Phi) is 5.69. The third-order valence-electron chi connectivity index (χ3n) is 5.78. The Hall–Kier alpha value is -3.32. The van der Waals surface area contributed by atoms with Crippen LogP contribution in [0.2, 0.25) is 0 Å². The minimum absolute atomic E-state index is 0.106. The number of hydrogen-bond acceptors (Lipinski definition) is 5. The first-order chi connectivity index (χ1) is 15.2. The van der Waals surface area contributed by atoms with Crippen molar-refractivity contribution in [3.05, 3.63) is 89.5 Å². The van der Waals surface area contributed by atoms with Crippen molar-refractivity contribution in [2.24, 2.45) is 5.41 Å². The summed E-state index contributed by atoms with van der Waals surface area (Å²) in [6, 6.07) is 21.2. The monoisotopic (exact) mass is 450 g/mol. The molecule has 6 nitrogen and oxygen atoms in total. The Morgan fingerprint density at radius 3 is 2.50 bits per heavy atom. The molecule has 0 fully saturated rings. The summed E-state index contributed by atoms with van der Waals surface area (Å²) >= 11 is 0. The highest BCUT2D eigenvalue weighted by atomic mass is 32.2. The molecule has 0 saturated heterocycles. The van der Waals surface area contributed by atoms with Crippen molar-refractivity contribution in [1.29, 1.82) is 0 Å². The number of carbonyl (C=O) groups excluding carboxylic acids is 1. The van der Waals surface area contributed by atoms with E-state index in [1.54, 1.807) is 48.5 Å². The second-order valence-corrected chi connectivity index (χ2v) is 10.3. The first-order valence-corrected chi connectivity index (χ1v) is 11.8. The van der Waals surface area contributed by atoms with Gasteiger partial charge >= 0.3 is 5.97 Å². The lowest BCUT2D eigenvalue weighted by molar-refractivity contribution is 0.0600. The van der Waals surface area contributed by atoms with Crippen molar-refractivity contribution in [2.45, 2.75) is 31.2 Å². The molecule has 0 aromatic heterocycles. The normalized spacial score (nSPS) is 17.0. The third kappa shape index (κ3) is 4.34. The Labute approximate surface area is 188 Å². The van der Waals surface area contributed by atoms with E-state index in [9.17, 15) is 13.2 Å². The van der Waals surface area contributed by atoms with Crippen molar-refractivity contribution >= 4 is 27.4 Å². The van der Waals surface area contributed by atoms with Crippen molar-refractivity contribution in [2.75, 3.05) is 17.1 Å². The number of esters is 1. The van der Waals surface area contributed by atoms with E-state index in [1.165, 1.54) is 7.11 Å². The largest absolute Gasteiger partial charge is 0.465 e. The van der Waals surface area contributed by atoms with Gasteiger partial charge in [0.1, 0.15) is 0 Å². The zero-order valence-electron chi connectivity index (χ0n) is 18.3. The van der Waals surface area contributed by atoms with Crippen LogP contribution < -0.4 is 10.0 Å². The van der Waals surface area contributed by atoms with E-state index < -0.39 is 10.0 Å². The van der Waals surface area contributed by atoms with Gasteiger partial charge in [0.2, 0.25) is 0 Å². The molecule has 1 aliphatic heterocycles. The van der Waals surface area contributed by atoms with E-state index in [-0.39, 0.29) is 22.3 Å². The maximum Gasteiger partial charge on any atom is 0.337 e. The summed E-state index contributed by atoms with van der Waals surface area (Å²) in [7, 11) is -2.35. The topological polar surface area (TPSA) is 84.5 Å². The lowest BCUT2D eigenvalue weighted by atomic mass is 9.73. The molecule has 4 rings (SSSR count). The molecule has 1 atom stereocenters. The molecule has 0 amide bonds. The molecule has 0 bridgehead atoms. The van der Waals surface area contributed by atoms with Gasteiger partial charge in [0.05, 0.1) is 23.6 Å². The number of para-hydroxylation sites is 1. The number of hydrogen-bond donors (Lipinski definition) is 2. The number of anilines is 2. The van der Waals surface area contributed by atoms with Gasteiger partial charge in [-0.05, 0) is 65.4 Å². The van der Waals surface area contributed by atoms with Gasteiger partial charge < -0.3 is 10.1 Å². The molecule has 7 heteroatoms. The quantitative estimate of drug-likeness (QED) is 0.534. The van der Waals surface area contributed by atoms with Gasteiger partial charge in [-0.1, -0.05) is 44.2 Å². The summed E-state index contributed by atoms with van der Waals surface area (Å²) in [5.74, 6) is -0.364. The Morgan fingerprint density at radius 2 is 1.78 bits per heavy atom. The molecule has 32 heavy (non-hydrogen) atoms. The van der Waals surface area contributed by atoms with Gasteiger partial charge in [-0.25, -0.2) is 13.2 Å². The number of nitrogens with one attached hydrogen (secondary N) is 2. The third-order valence-corrected chi connectivity index (χ3v) is 7.16. The molecule has 1 unspecified atom stereocenters. The molecule has 0 spiro atoms. The van der Waals surface area contributed by atoms with Gasteiger partial charge in [-0.2, -0.15) is 0 Å². The number of ether oxygens (including phenoxy) is 1. The van der Waals surface area contributed by atoms with Crippen LogP contribution in [0, 0.1) is 5.41 Å². The fourth-order valence-corrected chi connectivity index (χ4v) is 5.30. The lowest BCUT2D eigenvalue weighted by Gasteiger charge is -2.41. The van der Waals surface area contributed by atoms with Gasteiger partial charge in [-0.3, -0.25) is 4.72 Å². The Morgan fingerprint density at radius 1 is 1.03 bits per heavy atom. The minimum Gasteiger partial charge on any atom is -0.465 e. The molecule has 2 N–H and O–H groups in total.